The number of aromatic nitrogens is 3. The molecular formula is C31H39F3N4OSi. The predicted molar refractivity (Wildman–Crippen MR) is 158 cm³/mol. The van der Waals surface area contributed by atoms with Crippen molar-refractivity contribution < 1.29 is 18.3 Å². The fourth-order valence-electron chi connectivity index (χ4n) is 6.52. The Morgan fingerprint density at radius 2 is 1.48 bits per heavy atom. The smallest absolute Gasteiger partial charge is 0.381 e. The molecule has 4 aromatic rings. The van der Waals surface area contributed by atoms with Gasteiger partial charge in [-0.3, -0.25) is 0 Å². The summed E-state index contributed by atoms with van der Waals surface area (Å²) >= 11 is 0. The Morgan fingerprint density at radius 3 is 2.00 bits per heavy atom. The van der Waals surface area contributed by atoms with E-state index in [4.69, 9.17) is 4.98 Å². The Kier molecular flexibility index (Phi) is 8.20. The van der Waals surface area contributed by atoms with Gasteiger partial charge in [0.15, 0.2) is 8.24 Å². The van der Waals surface area contributed by atoms with Crippen LogP contribution in [0.15, 0.2) is 67.1 Å². The summed E-state index contributed by atoms with van der Waals surface area (Å²) in [6, 6.07) is 12.6. The number of pyridine rings is 2. The summed E-state index contributed by atoms with van der Waals surface area (Å²) in [6.07, 6.45) is 1.23. The van der Waals surface area contributed by atoms with E-state index in [0.29, 0.717) is 40.1 Å². The van der Waals surface area contributed by atoms with E-state index < -0.39 is 25.6 Å². The highest BCUT2D eigenvalue weighted by atomic mass is 28.3. The van der Waals surface area contributed by atoms with E-state index in [1.165, 1.54) is 12.1 Å². The number of rotatable bonds is 9. The zero-order valence-corrected chi connectivity index (χ0v) is 25.2. The average molecular weight is 569 g/mol. The van der Waals surface area contributed by atoms with E-state index >= 15 is 0 Å². The van der Waals surface area contributed by atoms with Crippen LogP contribution >= 0.6 is 0 Å². The lowest BCUT2D eigenvalue weighted by atomic mass is 9.89. The second kappa shape index (κ2) is 11.0. The van der Waals surface area contributed by atoms with Gasteiger partial charge in [0.2, 0.25) is 0 Å². The number of nitrogens with zero attached hydrogens (tertiary/aromatic N) is 3. The number of anilines is 1. The minimum atomic E-state index is -4.36. The van der Waals surface area contributed by atoms with E-state index in [2.05, 4.69) is 62.3 Å². The van der Waals surface area contributed by atoms with E-state index in [9.17, 15) is 18.3 Å². The van der Waals surface area contributed by atoms with Crippen LogP contribution < -0.4 is 5.32 Å². The van der Waals surface area contributed by atoms with E-state index in [1.54, 1.807) is 19.2 Å². The molecule has 0 aliphatic rings. The summed E-state index contributed by atoms with van der Waals surface area (Å²) < 4.78 is 40.9. The van der Waals surface area contributed by atoms with E-state index in [0.717, 1.165) is 28.7 Å². The van der Waals surface area contributed by atoms with E-state index in [1.807, 2.05) is 24.4 Å². The molecule has 40 heavy (non-hydrogen) atoms. The van der Waals surface area contributed by atoms with Crippen LogP contribution in [0.1, 0.15) is 70.7 Å². The van der Waals surface area contributed by atoms with Crippen LogP contribution in [0.4, 0.5) is 19.0 Å². The van der Waals surface area contributed by atoms with Crippen LogP contribution in [-0.4, -0.2) is 27.5 Å². The van der Waals surface area contributed by atoms with Gasteiger partial charge in [-0.05, 0) is 59.4 Å². The third kappa shape index (κ3) is 5.29. The third-order valence-corrected chi connectivity index (χ3v) is 15.1. The largest absolute Gasteiger partial charge is 0.416 e. The first-order chi connectivity index (χ1) is 18.7. The Hall–Kier alpha value is -3.17. The molecule has 0 aliphatic carbocycles. The first-order valence-corrected chi connectivity index (χ1v) is 15.9. The monoisotopic (exact) mass is 568 g/mol. The second-order valence-electron chi connectivity index (χ2n) is 11.7. The summed E-state index contributed by atoms with van der Waals surface area (Å²) in [5.74, 6) is 0.564. The van der Waals surface area contributed by atoms with Crippen molar-refractivity contribution in [2.24, 2.45) is 0 Å². The number of fused-ring (bicyclic) bond motifs is 1. The molecule has 0 radical (unpaired) electrons. The van der Waals surface area contributed by atoms with Crippen LogP contribution in [0.25, 0.3) is 11.0 Å². The first-order valence-electron chi connectivity index (χ1n) is 13.8. The Bertz CT molecular complexity index is 1420. The minimum absolute atomic E-state index is 0.326. The fraction of sp³-hybridized carbons (Fsp3) is 0.419. The molecule has 3 heterocycles. The predicted octanol–water partition coefficient (Wildman–Crippen LogP) is 8.34. The number of hydrogen-bond acceptors (Lipinski definition) is 4. The van der Waals surface area contributed by atoms with Crippen molar-refractivity contribution in [1.82, 2.24) is 14.2 Å². The van der Waals surface area contributed by atoms with Crippen LogP contribution in [0.2, 0.25) is 16.6 Å². The molecule has 9 heteroatoms. The van der Waals surface area contributed by atoms with Gasteiger partial charge in [0.25, 0.3) is 0 Å². The summed E-state index contributed by atoms with van der Waals surface area (Å²) in [7, 11) is -2.14. The van der Waals surface area contributed by atoms with Gasteiger partial charge in [-0.15, -0.1) is 0 Å². The van der Waals surface area contributed by atoms with Crippen molar-refractivity contribution in [3.8, 4) is 0 Å². The minimum Gasteiger partial charge on any atom is -0.381 e. The Labute approximate surface area is 235 Å². The summed E-state index contributed by atoms with van der Waals surface area (Å²) in [5, 5.41) is 16.0. The number of aliphatic hydroxyl groups is 1. The maximum atomic E-state index is 12.8. The van der Waals surface area contributed by atoms with Crippen molar-refractivity contribution in [2.75, 3.05) is 5.32 Å². The number of nitrogens with one attached hydrogen (secondary N) is 1. The lowest BCUT2D eigenvalue weighted by Crippen LogP contribution is -2.51. The van der Waals surface area contributed by atoms with Crippen LogP contribution in [-0.2, 0) is 18.3 Å². The molecule has 0 bridgehead atoms. The molecule has 5 nitrogen and oxygen atoms in total. The molecular weight excluding hydrogens is 529 g/mol. The molecule has 3 aromatic heterocycles. The molecule has 0 spiro atoms. The number of alkyl halides is 3. The summed E-state index contributed by atoms with van der Waals surface area (Å²) in [6.45, 7) is 15.9. The van der Waals surface area contributed by atoms with Gasteiger partial charge < -0.3 is 14.7 Å². The highest BCUT2D eigenvalue weighted by Gasteiger charge is 2.47. The Morgan fingerprint density at radius 1 is 0.875 bits per heavy atom. The van der Waals surface area contributed by atoms with Crippen molar-refractivity contribution in [2.45, 2.75) is 83.4 Å². The van der Waals surface area contributed by atoms with Crippen molar-refractivity contribution in [1.29, 1.82) is 0 Å². The molecule has 1 aromatic carbocycles. The number of halogens is 3. The molecule has 1 unspecified atom stereocenters. The standard InChI is InChI=1S/C31H39F3N4OSi/c1-20(2)40(21(3)4,22(5)6)38-19-27(26-9-8-16-35-29(26)38)30(7,39)25-14-15-28(37-18-25)36-17-23-10-12-24(13-11-23)31(32,33)34/h8-16,18-22,39H,17H2,1-7H3,(H,36,37). The van der Waals surface area contributed by atoms with Crippen LogP contribution in [0.5, 0.6) is 0 Å². The number of hydrogen-bond donors (Lipinski definition) is 2. The van der Waals surface area contributed by atoms with Gasteiger partial charge in [-0.2, -0.15) is 13.2 Å². The molecule has 0 fully saturated rings. The highest BCUT2D eigenvalue weighted by Crippen LogP contribution is 2.46. The summed E-state index contributed by atoms with van der Waals surface area (Å²) in [4.78, 5) is 9.30. The molecule has 0 saturated heterocycles. The third-order valence-electron chi connectivity index (χ3n) is 8.36. The molecule has 214 valence electrons. The van der Waals surface area contributed by atoms with Crippen molar-refractivity contribution in [3.63, 3.8) is 0 Å². The van der Waals surface area contributed by atoms with Gasteiger partial charge in [0.1, 0.15) is 17.1 Å². The lowest BCUT2D eigenvalue weighted by molar-refractivity contribution is -0.137. The number of benzene rings is 1. The van der Waals surface area contributed by atoms with Gasteiger partial charge >= 0.3 is 6.18 Å². The van der Waals surface area contributed by atoms with Gasteiger partial charge in [-0.1, -0.05) is 59.7 Å². The van der Waals surface area contributed by atoms with Crippen molar-refractivity contribution >= 4 is 25.1 Å². The first kappa shape index (κ1) is 29.8. The Balaban J connectivity index is 1.65. The molecule has 0 amide bonds. The molecule has 0 aliphatic heterocycles. The van der Waals surface area contributed by atoms with Crippen LogP contribution in [0.3, 0.4) is 0 Å². The zero-order valence-electron chi connectivity index (χ0n) is 24.2. The average Bonchev–Trinajstić information content (AvgIpc) is 3.28. The van der Waals surface area contributed by atoms with Gasteiger partial charge in [0, 0.05) is 41.6 Å². The van der Waals surface area contributed by atoms with Crippen molar-refractivity contribution in [3.05, 3.63) is 89.4 Å². The fourth-order valence-corrected chi connectivity index (χ4v) is 13.1. The topological polar surface area (TPSA) is 63.0 Å². The SMILES string of the molecule is CC(C)[Si](C(C)C)(C(C)C)n1cc(C(C)(O)c2ccc(NCc3ccc(C(F)(F)F)cc3)nc2)c2cccnc21. The van der Waals surface area contributed by atoms with Gasteiger partial charge in [-0.25, -0.2) is 9.97 Å². The van der Waals surface area contributed by atoms with Crippen LogP contribution in [0, 0.1) is 0 Å². The quantitative estimate of drug-likeness (QED) is 0.199. The highest BCUT2D eigenvalue weighted by molar-refractivity contribution is 6.82. The maximum Gasteiger partial charge on any atom is 0.416 e. The normalized spacial score (nSPS) is 14.3. The maximum absolute atomic E-state index is 12.8. The zero-order chi connectivity index (χ0) is 29.5. The van der Waals surface area contributed by atoms with E-state index in [-0.39, 0.29) is 0 Å². The second-order valence-corrected chi connectivity index (χ2v) is 17.4. The molecule has 2 N–H and O–H groups in total. The van der Waals surface area contributed by atoms with Gasteiger partial charge in [0.05, 0.1) is 5.56 Å². The molecule has 1 atom stereocenters. The molecule has 0 saturated carbocycles. The lowest BCUT2D eigenvalue weighted by Gasteiger charge is -2.44. The summed E-state index contributed by atoms with van der Waals surface area (Å²) in [5.41, 5.74) is 2.42. The molecule has 4 rings (SSSR count).